The van der Waals surface area contributed by atoms with Gasteiger partial charge in [0, 0.05) is 27.6 Å². The number of nitrogens with zero attached hydrogens (tertiary/aromatic N) is 2. The van der Waals surface area contributed by atoms with Crippen molar-refractivity contribution >= 4 is 21.6 Å². The Bertz CT molecular complexity index is 1120. The summed E-state index contributed by atoms with van der Waals surface area (Å²) in [4.78, 5) is 0. The summed E-state index contributed by atoms with van der Waals surface area (Å²) >= 11 is 3.60. The third kappa shape index (κ3) is 3.21. The van der Waals surface area contributed by atoms with Gasteiger partial charge in [0.15, 0.2) is 11.5 Å². The molecule has 0 aromatic heterocycles. The molecule has 0 amide bonds. The fourth-order valence-electron chi connectivity index (χ4n) is 4.09. The molecule has 0 bridgehead atoms. The first-order valence-electron chi connectivity index (χ1n) is 9.77. The molecule has 0 spiro atoms. The van der Waals surface area contributed by atoms with Crippen LogP contribution >= 0.6 is 15.9 Å². The molecule has 0 radical (unpaired) electrons. The van der Waals surface area contributed by atoms with E-state index in [1.807, 2.05) is 48.5 Å². The van der Waals surface area contributed by atoms with Crippen LogP contribution in [0.4, 0.5) is 0 Å². The summed E-state index contributed by atoms with van der Waals surface area (Å²) in [5.74, 6) is 2.30. The molecule has 2 aliphatic rings. The number of methoxy groups -OCH3 is 2. The topological polar surface area (TPSA) is 43.3 Å². The molecule has 30 heavy (non-hydrogen) atoms. The highest BCUT2D eigenvalue weighted by Gasteiger charge is 2.41. The third-order valence-electron chi connectivity index (χ3n) is 5.55. The third-order valence-corrected chi connectivity index (χ3v) is 6.05. The molecule has 0 N–H and O–H groups in total. The predicted molar refractivity (Wildman–Crippen MR) is 119 cm³/mol. The molecular formula is C24H21BrN2O3. The van der Waals surface area contributed by atoms with Gasteiger partial charge in [-0.1, -0.05) is 46.3 Å². The van der Waals surface area contributed by atoms with Gasteiger partial charge in [-0.2, -0.15) is 5.10 Å². The number of hydrogen-bond acceptors (Lipinski definition) is 5. The summed E-state index contributed by atoms with van der Waals surface area (Å²) in [5, 5.41) is 7.09. The molecule has 2 atom stereocenters. The molecule has 0 aliphatic carbocycles. The van der Waals surface area contributed by atoms with Crippen molar-refractivity contribution in [2.24, 2.45) is 5.10 Å². The second-order valence-corrected chi connectivity index (χ2v) is 8.20. The van der Waals surface area contributed by atoms with Gasteiger partial charge in [-0.05, 0) is 36.4 Å². The van der Waals surface area contributed by atoms with E-state index >= 15 is 0 Å². The first kappa shape index (κ1) is 19.0. The molecule has 2 aliphatic heterocycles. The Labute approximate surface area is 184 Å². The minimum Gasteiger partial charge on any atom is -0.493 e. The van der Waals surface area contributed by atoms with Crippen molar-refractivity contribution in [3.8, 4) is 17.2 Å². The summed E-state index contributed by atoms with van der Waals surface area (Å²) in [6, 6.07) is 22.4. The van der Waals surface area contributed by atoms with Crippen LogP contribution in [-0.4, -0.2) is 24.9 Å². The summed E-state index contributed by atoms with van der Waals surface area (Å²) in [7, 11) is 3.29. The summed E-state index contributed by atoms with van der Waals surface area (Å²) < 4.78 is 18.3. The number of hydrazone groups is 1. The number of benzene rings is 3. The van der Waals surface area contributed by atoms with Gasteiger partial charge in [-0.3, -0.25) is 0 Å². The van der Waals surface area contributed by atoms with E-state index in [2.05, 4.69) is 39.1 Å². The first-order valence-corrected chi connectivity index (χ1v) is 10.6. The zero-order chi connectivity index (χ0) is 20.7. The highest BCUT2D eigenvalue weighted by molar-refractivity contribution is 9.10. The van der Waals surface area contributed by atoms with Gasteiger partial charge in [0.2, 0.25) is 6.23 Å². The molecule has 2 heterocycles. The average Bonchev–Trinajstić information content (AvgIpc) is 3.24. The van der Waals surface area contributed by atoms with E-state index in [1.54, 1.807) is 14.2 Å². The largest absolute Gasteiger partial charge is 0.493 e. The van der Waals surface area contributed by atoms with Crippen molar-refractivity contribution < 1.29 is 14.2 Å². The first-order chi connectivity index (χ1) is 14.7. The Kier molecular flexibility index (Phi) is 4.87. The van der Waals surface area contributed by atoms with Gasteiger partial charge in [0.1, 0.15) is 5.75 Å². The van der Waals surface area contributed by atoms with Gasteiger partial charge in [-0.15, -0.1) is 0 Å². The maximum atomic E-state index is 6.41. The molecule has 152 valence electrons. The number of rotatable bonds is 4. The van der Waals surface area contributed by atoms with Crippen molar-refractivity contribution in [1.82, 2.24) is 5.01 Å². The Morgan fingerprint density at radius 2 is 1.77 bits per heavy atom. The fraction of sp³-hybridized carbons (Fsp3) is 0.208. The second kappa shape index (κ2) is 7.69. The maximum absolute atomic E-state index is 6.41. The van der Waals surface area contributed by atoms with Gasteiger partial charge < -0.3 is 14.2 Å². The molecule has 5 rings (SSSR count). The number of halogens is 1. The molecule has 6 heteroatoms. The van der Waals surface area contributed by atoms with Crippen LogP contribution in [0.25, 0.3) is 0 Å². The molecule has 0 fully saturated rings. The lowest BCUT2D eigenvalue weighted by Gasteiger charge is -2.38. The quantitative estimate of drug-likeness (QED) is 0.495. The van der Waals surface area contributed by atoms with E-state index in [4.69, 9.17) is 19.3 Å². The Morgan fingerprint density at radius 3 is 2.53 bits per heavy atom. The maximum Gasteiger partial charge on any atom is 0.213 e. The van der Waals surface area contributed by atoms with E-state index in [0.29, 0.717) is 11.5 Å². The van der Waals surface area contributed by atoms with Gasteiger partial charge in [0.25, 0.3) is 0 Å². The van der Waals surface area contributed by atoms with E-state index in [0.717, 1.165) is 39.0 Å². The SMILES string of the molecule is COc1ccc(C2=NN3C(C2)c2cc(Br)ccc2OC3c2ccccc2)cc1OC. The van der Waals surface area contributed by atoms with Crippen molar-refractivity contribution in [1.29, 1.82) is 0 Å². The van der Waals surface area contributed by atoms with Crippen LogP contribution in [-0.2, 0) is 0 Å². The number of hydrogen-bond donors (Lipinski definition) is 0. The predicted octanol–water partition coefficient (Wildman–Crippen LogP) is 5.71. The lowest BCUT2D eigenvalue weighted by atomic mass is 9.96. The van der Waals surface area contributed by atoms with Gasteiger partial charge >= 0.3 is 0 Å². The summed E-state index contributed by atoms with van der Waals surface area (Å²) in [6.07, 6.45) is 0.508. The van der Waals surface area contributed by atoms with Crippen LogP contribution in [0.5, 0.6) is 17.2 Å². The molecule has 3 aromatic rings. The smallest absolute Gasteiger partial charge is 0.213 e. The summed E-state index contributed by atoms with van der Waals surface area (Å²) in [5.41, 5.74) is 4.23. The zero-order valence-electron chi connectivity index (χ0n) is 16.7. The van der Waals surface area contributed by atoms with Crippen molar-refractivity contribution in [2.45, 2.75) is 18.7 Å². The normalized spacial score (nSPS) is 19.4. The van der Waals surface area contributed by atoms with Crippen LogP contribution in [0.2, 0.25) is 0 Å². The van der Waals surface area contributed by atoms with Crippen LogP contribution in [0.1, 0.15) is 35.4 Å². The average molecular weight is 465 g/mol. The van der Waals surface area contributed by atoms with Crippen LogP contribution in [0.3, 0.4) is 0 Å². The Balaban J connectivity index is 1.58. The van der Waals surface area contributed by atoms with E-state index in [9.17, 15) is 0 Å². The zero-order valence-corrected chi connectivity index (χ0v) is 18.3. The lowest BCUT2D eigenvalue weighted by Crippen LogP contribution is -2.33. The van der Waals surface area contributed by atoms with E-state index in [-0.39, 0.29) is 12.3 Å². The molecule has 5 nitrogen and oxygen atoms in total. The molecule has 2 unspecified atom stereocenters. The van der Waals surface area contributed by atoms with E-state index < -0.39 is 0 Å². The van der Waals surface area contributed by atoms with Crippen molar-refractivity contribution in [2.75, 3.05) is 14.2 Å². The van der Waals surface area contributed by atoms with Crippen LogP contribution in [0, 0.1) is 0 Å². The fourth-order valence-corrected chi connectivity index (χ4v) is 4.46. The van der Waals surface area contributed by atoms with Crippen LogP contribution in [0.15, 0.2) is 76.3 Å². The minimum atomic E-state index is -0.275. The molecule has 0 saturated carbocycles. The van der Waals surface area contributed by atoms with E-state index in [1.165, 1.54) is 0 Å². The molecular weight excluding hydrogens is 444 g/mol. The van der Waals surface area contributed by atoms with Crippen LogP contribution < -0.4 is 14.2 Å². The number of ether oxygens (including phenoxy) is 3. The highest BCUT2D eigenvalue weighted by Crippen LogP contribution is 2.48. The number of fused-ring (bicyclic) bond motifs is 3. The summed E-state index contributed by atoms with van der Waals surface area (Å²) in [6.45, 7) is 0. The van der Waals surface area contributed by atoms with Crippen molar-refractivity contribution in [3.05, 3.63) is 87.9 Å². The van der Waals surface area contributed by atoms with Gasteiger partial charge in [-0.25, -0.2) is 5.01 Å². The minimum absolute atomic E-state index is 0.0968. The standard InChI is InChI=1S/C24H21BrN2O3/c1-28-22-10-8-16(12-23(22)29-2)19-14-20-18-13-17(25)9-11-21(18)30-24(27(20)26-19)15-6-4-3-5-7-15/h3-13,20,24H,14H2,1-2H3. The second-order valence-electron chi connectivity index (χ2n) is 7.28. The molecule has 3 aromatic carbocycles. The lowest BCUT2D eigenvalue weighted by molar-refractivity contribution is -0.0190. The monoisotopic (exact) mass is 464 g/mol. The molecule has 0 saturated heterocycles. The Morgan fingerprint density at radius 1 is 0.967 bits per heavy atom. The highest BCUT2D eigenvalue weighted by atomic mass is 79.9. The van der Waals surface area contributed by atoms with Crippen molar-refractivity contribution in [3.63, 3.8) is 0 Å². The van der Waals surface area contributed by atoms with Gasteiger partial charge in [0.05, 0.1) is 26.0 Å². The Hall–Kier alpha value is -2.99.